The van der Waals surface area contributed by atoms with Crippen LogP contribution in [0.1, 0.15) is 37.5 Å². The van der Waals surface area contributed by atoms with Gasteiger partial charge in [0, 0.05) is 23.4 Å². The molecule has 1 aliphatic rings. The monoisotopic (exact) mass is 286 g/mol. The maximum atomic E-state index is 12.2. The van der Waals surface area contributed by atoms with Crippen molar-refractivity contribution in [2.45, 2.75) is 44.7 Å². The number of carbonyl (C=O) groups excluding carboxylic acids is 1. The molecular formula is C13H19ClN2OS. The van der Waals surface area contributed by atoms with Gasteiger partial charge < -0.3 is 10.6 Å². The van der Waals surface area contributed by atoms with Crippen LogP contribution in [-0.2, 0) is 11.3 Å². The van der Waals surface area contributed by atoms with Gasteiger partial charge in [-0.3, -0.25) is 4.79 Å². The minimum atomic E-state index is -0.238. The van der Waals surface area contributed by atoms with Gasteiger partial charge in [0.2, 0.25) is 5.91 Å². The number of halogens is 1. The van der Waals surface area contributed by atoms with Crippen LogP contribution in [0.2, 0.25) is 4.34 Å². The van der Waals surface area contributed by atoms with Crippen molar-refractivity contribution in [3.8, 4) is 0 Å². The summed E-state index contributed by atoms with van der Waals surface area (Å²) in [5.41, 5.74) is 5.89. The summed E-state index contributed by atoms with van der Waals surface area (Å²) < 4.78 is 0.766. The fourth-order valence-corrected chi connectivity index (χ4v) is 3.33. The van der Waals surface area contributed by atoms with E-state index in [-0.39, 0.29) is 11.4 Å². The summed E-state index contributed by atoms with van der Waals surface area (Å²) in [6, 6.07) is 3.85. The lowest BCUT2D eigenvalue weighted by atomic mass is 9.75. The molecule has 18 heavy (non-hydrogen) atoms. The molecule has 3 nitrogen and oxygen atoms in total. The van der Waals surface area contributed by atoms with E-state index in [1.165, 1.54) is 11.3 Å². The highest BCUT2D eigenvalue weighted by Gasteiger charge is 2.35. The van der Waals surface area contributed by atoms with Gasteiger partial charge in [0.05, 0.1) is 10.9 Å². The maximum Gasteiger partial charge on any atom is 0.224 e. The average molecular weight is 287 g/mol. The van der Waals surface area contributed by atoms with Gasteiger partial charge in [0.1, 0.15) is 0 Å². The van der Waals surface area contributed by atoms with Gasteiger partial charge >= 0.3 is 0 Å². The molecule has 1 aromatic rings. The van der Waals surface area contributed by atoms with Gasteiger partial charge in [-0.15, -0.1) is 11.3 Å². The Labute approximate surface area is 117 Å². The molecular weight excluding hydrogens is 268 g/mol. The smallest absolute Gasteiger partial charge is 0.224 e. The third kappa shape index (κ3) is 3.25. The van der Waals surface area contributed by atoms with Crippen molar-refractivity contribution >= 4 is 28.8 Å². The molecule has 100 valence electrons. The molecule has 0 aromatic carbocycles. The maximum absolute atomic E-state index is 12.2. The number of nitrogens with zero attached hydrogens (tertiary/aromatic N) is 1. The molecule has 0 saturated heterocycles. The predicted molar refractivity (Wildman–Crippen MR) is 75.8 cm³/mol. The van der Waals surface area contributed by atoms with E-state index in [1.54, 1.807) is 0 Å². The molecule has 1 amide bonds. The average Bonchev–Trinajstić information content (AvgIpc) is 2.69. The molecule has 1 fully saturated rings. The molecule has 0 atom stereocenters. The van der Waals surface area contributed by atoms with Gasteiger partial charge in [-0.05, 0) is 38.3 Å². The standard InChI is InChI=1S/C13H19ClN2OS/c1-2-16(9-10-4-5-11(14)18-10)12(17)8-13(15)6-3-7-13/h4-5H,2-3,6-9,15H2,1H3. The zero-order chi connectivity index (χ0) is 13.2. The van der Waals surface area contributed by atoms with E-state index < -0.39 is 0 Å². The molecule has 1 saturated carbocycles. The van der Waals surface area contributed by atoms with Gasteiger partial charge in [-0.1, -0.05) is 11.6 Å². The first kappa shape index (κ1) is 13.8. The number of hydrogen-bond donors (Lipinski definition) is 1. The largest absolute Gasteiger partial charge is 0.338 e. The van der Waals surface area contributed by atoms with Crippen LogP contribution in [0.4, 0.5) is 0 Å². The van der Waals surface area contributed by atoms with Crippen molar-refractivity contribution in [2.75, 3.05) is 6.54 Å². The summed E-state index contributed by atoms with van der Waals surface area (Å²) >= 11 is 7.43. The minimum Gasteiger partial charge on any atom is -0.338 e. The lowest BCUT2D eigenvalue weighted by molar-refractivity contribution is -0.133. The van der Waals surface area contributed by atoms with Crippen LogP contribution in [0.5, 0.6) is 0 Å². The van der Waals surface area contributed by atoms with Crippen LogP contribution in [0.15, 0.2) is 12.1 Å². The molecule has 0 aliphatic heterocycles. The number of rotatable bonds is 5. The van der Waals surface area contributed by atoms with Crippen LogP contribution in [-0.4, -0.2) is 22.9 Å². The molecule has 1 aromatic heterocycles. The highest BCUT2D eigenvalue weighted by molar-refractivity contribution is 7.16. The van der Waals surface area contributed by atoms with Gasteiger partial charge in [-0.2, -0.15) is 0 Å². The molecule has 0 radical (unpaired) electrons. The summed E-state index contributed by atoms with van der Waals surface area (Å²) in [7, 11) is 0. The third-order valence-electron chi connectivity index (χ3n) is 3.56. The van der Waals surface area contributed by atoms with E-state index in [4.69, 9.17) is 17.3 Å². The zero-order valence-electron chi connectivity index (χ0n) is 10.6. The van der Waals surface area contributed by atoms with E-state index in [2.05, 4.69) is 0 Å². The Morgan fingerprint density at radius 3 is 2.72 bits per heavy atom. The zero-order valence-corrected chi connectivity index (χ0v) is 12.2. The molecule has 1 heterocycles. The van der Waals surface area contributed by atoms with E-state index in [9.17, 15) is 4.79 Å². The van der Waals surface area contributed by atoms with Gasteiger partial charge in [0.15, 0.2) is 0 Å². The molecule has 0 bridgehead atoms. The Morgan fingerprint density at radius 2 is 2.28 bits per heavy atom. The number of carbonyl (C=O) groups is 1. The Morgan fingerprint density at radius 1 is 1.56 bits per heavy atom. The fourth-order valence-electron chi connectivity index (χ4n) is 2.22. The van der Waals surface area contributed by atoms with Crippen molar-refractivity contribution in [1.29, 1.82) is 0 Å². The Hall–Kier alpha value is -0.580. The number of thiophene rings is 1. The van der Waals surface area contributed by atoms with Crippen LogP contribution >= 0.6 is 22.9 Å². The van der Waals surface area contributed by atoms with Crippen molar-refractivity contribution in [3.05, 3.63) is 21.3 Å². The summed E-state index contributed by atoms with van der Waals surface area (Å²) in [5.74, 6) is 0.157. The topological polar surface area (TPSA) is 46.3 Å². The van der Waals surface area contributed by atoms with E-state index >= 15 is 0 Å². The van der Waals surface area contributed by atoms with E-state index in [0.29, 0.717) is 19.5 Å². The van der Waals surface area contributed by atoms with Crippen LogP contribution in [0.25, 0.3) is 0 Å². The Kier molecular flexibility index (Phi) is 4.30. The van der Waals surface area contributed by atoms with Gasteiger partial charge in [-0.25, -0.2) is 0 Å². The molecule has 2 N–H and O–H groups in total. The lowest BCUT2D eigenvalue weighted by Gasteiger charge is -2.38. The second kappa shape index (κ2) is 5.59. The summed E-state index contributed by atoms with van der Waals surface area (Å²) in [6.07, 6.45) is 3.57. The Balaban J connectivity index is 1.93. The van der Waals surface area contributed by atoms with E-state index in [1.807, 2.05) is 24.0 Å². The van der Waals surface area contributed by atoms with Crippen LogP contribution in [0.3, 0.4) is 0 Å². The highest BCUT2D eigenvalue weighted by Crippen LogP contribution is 2.33. The van der Waals surface area contributed by atoms with Crippen molar-refractivity contribution in [1.82, 2.24) is 4.90 Å². The number of nitrogens with two attached hydrogens (primary N) is 1. The SMILES string of the molecule is CCN(Cc1ccc(Cl)s1)C(=O)CC1(N)CCC1. The van der Waals surface area contributed by atoms with Crippen molar-refractivity contribution in [2.24, 2.45) is 5.73 Å². The van der Waals surface area contributed by atoms with Crippen molar-refractivity contribution < 1.29 is 4.79 Å². The molecule has 0 unspecified atom stereocenters. The first-order valence-corrected chi connectivity index (χ1v) is 7.53. The number of amides is 1. The highest BCUT2D eigenvalue weighted by atomic mass is 35.5. The molecule has 5 heteroatoms. The first-order chi connectivity index (χ1) is 8.52. The summed E-state index contributed by atoms with van der Waals surface area (Å²) in [5, 5.41) is 0. The fraction of sp³-hybridized carbons (Fsp3) is 0.615. The number of hydrogen-bond acceptors (Lipinski definition) is 3. The summed E-state index contributed by atoms with van der Waals surface area (Å²) in [4.78, 5) is 15.2. The molecule has 0 spiro atoms. The molecule has 1 aliphatic carbocycles. The lowest BCUT2D eigenvalue weighted by Crippen LogP contribution is -2.50. The first-order valence-electron chi connectivity index (χ1n) is 6.33. The second-order valence-electron chi connectivity index (χ2n) is 5.01. The van der Waals surface area contributed by atoms with Crippen LogP contribution < -0.4 is 5.73 Å². The van der Waals surface area contributed by atoms with E-state index in [0.717, 1.165) is 28.5 Å². The Bertz CT molecular complexity index is 428. The van der Waals surface area contributed by atoms with Gasteiger partial charge in [0.25, 0.3) is 0 Å². The normalized spacial score (nSPS) is 17.3. The summed E-state index contributed by atoms with van der Waals surface area (Å²) in [6.45, 7) is 3.35. The second-order valence-corrected chi connectivity index (χ2v) is 6.81. The molecule has 2 rings (SSSR count). The van der Waals surface area contributed by atoms with Crippen molar-refractivity contribution in [3.63, 3.8) is 0 Å². The van der Waals surface area contributed by atoms with Crippen LogP contribution in [0, 0.1) is 0 Å². The third-order valence-corrected chi connectivity index (χ3v) is 4.78. The quantitative estimate of drug-likeness (QED) is 0.904. The predicted octanol–water partition coefficient (Wildman–Crippen LogP) is 3.02. The minimum absolute atomic E-state index is 0.157.